The molecule has 2 aliphatic rings. The van der Waals surface area contributed by atoms with Crippen molar-refractivity contribution in [1.82, 2.24) is 5.32 Å². The first-order valence-electron chi connectivity index (χ1n) is 5.74. The SMILES string of the molecule is O=C1Nc2cccc(O)c2C2(CCNCC2)O1. The first kappa shape index (κ1) is 10.4. The Balaban J connectivity index is 2.15. The van der Waals surface area contributed by atoms with E-state index >= 15 is 0 Å². The normalized spacial score (nSPS) is 21.5. The summed E-state index contributed by atoms with van der Waals surface area (Å²) in [5.74, 6) is 0.185. The predicted molar refractivity (Wildman–Crippen MR) is 62.0 cm³/mol. The van der Waals surface area contributed by atoms with Gasteiger partial charge in [0.1, 0.15) is 11.4 Å². The number of hydrogen-bond donors (Lipinski definition) is 3. The minimum absolute atomic E-state index is 0.185. The Morgan fingerprint density at radius 2 is 2.06 bits per heavy atom. The standard InChI is InChI=1S/C12H14N2O3/c15-9-3-1-2-8-10(9)12(17-11(16)14-8)4-6-13-7-5-12/h1-3,13,15H,4-7H2,(H,14,16). The van der Waals surface area contributed by atoms with Gasteiger partial charge >= 0.3 is 6.09 Å². The highest BCUT2D eigenvalue weighted by Gasteiger charge is 2.44. The van der Waals surface area contributed by atoms with E-state index in [4.69, 9.17) is 4.74 Å². The number of phenols is 1. The maximum atomic E-state index is 11.6. The Morgan fingerprint density at radius 3 is 2.82 bits per heavy atom. The molecule has 1 fully saturated rings. The molecule has 3 N–H and O–H groups in total. The molecule has 0 aromatic heterocycles. The Labute approximate surface area is 98.8 Å². The average molecular weight is 234 g/mol. The lowest BCUT2D eigenvalue weighted by atomic mass is 9.82. The lowest BCUT2D eigenvalue weighted by molar-refractivity contribution is -0.0141. The third-order valence-corrected chi connectivity index (χ3v) is 3.43. The predicted octanol–water partition coefficient (Wildman–Crippen LogP) is 1.53. The van der Waals surface area contributed by atoms with E-state index in [-0.39, 0.29) is 5.75 Å². The Morgan fingerprint density at radius 1 is 1.29 bits per heavy atom. The molecule has 0 aliphatic carbocycles. The molecule has 2 heterocycles. The van der Waals surface area contributed by atoms with Gasteiger partial charge in [-0.25, -0.2) is 4.79 Å². The molecular formula is C12H14N2O3. The van der Waals surface area contributed by atoms with Crippen LogP contribution in [0.1, 0.15) is 18.4 Å². The van der Waals surface area contributed by atoms with Gasteiger partial charge in [-0.15, -0.1) is 0 Å². The molecule has 1 aromatic rings. The number of aromatic hydroxyl groups is 1. The number of benzene rings is 1. The summed E-state index contributed by atoms with van der Waals surface area (Å²) in [5, 5.41) is 15.9. The molecule has 90 valence electrons. The minimum atomic E-state index is -0.672. The molecule has 1 amide bonds. The lowest BCUT2D eigenvalue weighted by Gasteiger charge is -2.41. The molecule has 1 saturated heterocycles. The zero-order valence-electron chi connectivity index (χ0n) is 9.32. The second-order valence-electron chi connectivity index (χ2n) is 4.46. The van der Waals surface area contributed by atoms with Crippen LogP contribution < -0.4 is 10.6 Å². The molecule has 17 heavy (non-hydrogen) atoms. The molecule has 5 heteroatoms. The number of amides is 1. The van der Waals surface area contributed by atoms with E-state index in [9.17, 15) is 9.90 Å². The number of piperidine rings is 1. The molecule has 5 nitrogen and oxygen atoms in total. The van der Waals surface area contributed by atoms with Crippen LogP contribution in [0.4, 0.5) is 10.5 Å². The smallest absolute Gasteiger partial charge is 0.412 e. The number of phenolic OH excluding ortho intramolecular Hbond substituents is 1. The van der Waals surface area contributed by atoms with E-state index in [1.807, 2.05) is 0 Å². The van der Waals surface area contributed by atoms with Crippen LogP contribution in [0.25, 0.3) is 0 Å². The van der Waals surface area contributed by atoms with Crippen LogP contribution in [0.3, 0.4) is 0 Å². The minimum Gasteiger partial charge on any atom is -0.507 e. The second-order valence-corrected chi connectivity index (χ2v) is 4.46. The van der Waals surface area contributed by atoms with Crippen LogP contribution in [0.2, 0.25) is 0 Å². The number of rotatable bonds is 0. The van der Waals surface area contributed by atoms with Crippen molar-refractivity contribution in [2.24, 2.45) is 0 Å². The van der Waals surface area contributed by atoms with Gasteiger partial charge in [-0.05, 0) is 25.2 Å². The Kier molecular flexibility index (Phi) is 2.22. The van der Waals surface area contributed by atoms with Gasteiger partial charge in [0.15, 0.2) is 0 Å². The summed E-state index contributed by atoms with van der Waals surface area (Å²) < 4.78 is 5.47. The largest absolute Gasteiger partial charge is 0.507 e. The number of carbonyl (C=O) groups excluding carboxylic acids is 1. The van der Waals surface area contributed by atoms with Crippen molar-refractivity contribution in [2.75, 3.05) is 18.4 Å². The van der Waals surface area contributed by atoms with Gasteiger partial charge < -0.3 is 15.2 Å². The van der Waals surface area contributed by atoms with Gasteiger partial charge in [-0.3, -0.25) is 5.32 Å². The second kappa shape index (κ2) is 3.63. The van der Waals surface area contributed by atoms with Crippen molar-refractivity contribution < 1.29 is 14.6 Å². The first-order valence-corrected chi connectivity index (χ1v) is 5.74. The Bertz CT molecular complexity index is 467. The molecule has 0 radical (unpaired) electrons. The van der Waals surface area contributed by atoms with Gasteiger partial charge in [0.2, 0.25) is 0 Å². The molecule has 2 aliphatic heterocycles. The molecule has 0 atom stereocenters. The van der Waals surface area contributed by atoms with E-state index in [0.717, 1.165) is 13.1 Å². The first-order chi connectivity index (χ1) is 8.21. The van der Waals surface area contributed by atoms with Crippen molar-refractivity contribution in [3.8, 4) is 5.75 Å². The number of hydrogen-bond acceptors (Lipinski definition) is 4. The molecule has 0 saturated carbocycles. The van der Waals surface area contributed by atoms with Crippen LogP contribution in [0.15, 0.2) is 18.2 Å². The number of nitrogens with one attached hydrogen (secondary N) is 2. The number of fused-ring (bicyclic) bond motifs is 2. The molecule has 1 spiro atoms. The quantitative estimate of drug-likeness (QED) is 0.636. The van der Waals surface area contributed by atoms with Crippen LogP contribution in [-0.4, -0.2) is 24.3 Å². The van der Waals surface area contributed by atoms with Gasteiger partial charge in [0.25, 0.3) is 0 Å². The van der Waals surface area contributed by atoms with E-state index in [0.29, 0.717) is 24.1 Å². The zero-order chi connectivity index (χ0) is 11.9. The summed E-state index contributed by atoms with van der Waals surface area (Å²) in [6.07, 6.45) is 0.931. The molecule has 1 aromatic carbocycles. The average Bonchev–Trinajstić information content (AvgIpc) is 2.29. The monoisotopic (exact) mass is 234 g/mol. The maximum absolute atomic E-state index is 11.6. The highest BCUT2D eigenvalue weighted by molar-refractivity contribution is 5.89. The highest BCUT2D eigenvalue weighted by atomic mass is 16.6. The van der Waals surface area contributed by atoms with Gasteiger partial charge in [-0.1, -0.05) is 6.07 Å². The van der Waals surface area contributed by atoms with Crippen molar-refractivity contribution in [2.45, 2.75) is 18.4 Å². The number of anilines is 1. The Hall–Kier alpha value is -1.75. The lowest BCUT2D eigenvalue weighted by Crippen LogP contribution is -2.46. The summed E-state index contributed by atoms with van der Waals surface area (Å²) in [4.78, 5) is 11.6. The van der Waals surface area contributed by atoms with E-state index < -0.39 is 11.7 Å². The van der Waals surface area contributed by atoms with Crippen LogP contribution in [0, 0.1) is 0 Å². The van der Waals surface area contributed by atoms with Gasteiger partial charge in [0, 0.05) is 12.8 Å². The highest BCUT2D eigenvalue weighted by Crippen LogP contribution is 2.46. The van der Waals surface area contributed by atoms with Crippen molar-refractivity contribution in [3.63, 3.8) is 0 Å². The van der Waals surface area contributed by atoms with Crippen molar-refractivity contribution in [3.05, 3.63) is 23.8 Å². The van der Waals surface area contributed by atoms with Gasteiger partial charge in [0.05, 0.1) is 11.3 Å². The summed E-state index contributed by atoms with van der Waals surface area (Å²) in [6, 6.07) is 5.14. The molecular weight excluding hydrogens is 220 g/mol. The zero-order valence-corrected chi connectivity index (χ0v) is 9.32. The van der Waals surface area contributed by atoms with Crippen molar-refractivity contribution in [1.29, 1.82) is 0 Å². The van der Waals surface area contributed by atoms with E-state index in [2.05, 4.69) is 10.6 Å². The van der Waals surface area contributed by atoms with Crippen LogP contribution in [0.5, 0.6) is 5.75 Å². The summed E-state index contributed by atoms with van der Waals surface area (Å²) in [7, 11) is 0. The third kappa shape index (κ3) is 1.54. The molecule has 3 rings (SSSR count). The van der Waals surface area contributed by atoms with Gasteiger partial charge in [-0.2, -0.15) is 0 Å². The maximum Gasteiger partial charge on any atom is 0.412 e. The van der Waals surface area contributed by atoms with E-state index in [1.54, 1.807) is 18.2 Å². The van der Waals surface area contributed by atoms with Crippen molar-refractivity contribution >= 4 is 11.8 Å². The topological polar surface area (TPSA) is 70.6 Å². The molecule has 0 unspecified atom stereocenters. The number of carbonyl (C=O) groups is 1. The van der Waals surface area contributed by atoms with Crippen LogP contribution in [-0.2, 0) is 10.3 Å². The summed E-state index contributed by atoms with van der Waals surface area (Å²) in [5.41, 5.74) is 0.693. The summed E-state index contributed by atoms with van der Waals surface area (Å²) >= 11 is 0. The third-order valence-electron chi connectivity index (χ3n) is 3.43. The van der Waals surface area contributed by atoms with Crippen LogP contribution >= 0.6 is 0 Å². The fourth-order valence-electron chi connectivity index (χ4n) is 2.67. The number of ether oxygens (including phenoxy) is 1. The fraction of sp³-hybridized carbons (Fsp3) is 0.417. The van der Waals surface area contributed by atoms with E-state index in [1.165, 1.54) is 0 Å². The summed E-state index contributed by atoms with van der Waals surface area (Å²) in [6.45, 7) is 1.56. The fourth-order valence-corrected chi connectivity index (χ4v) is 2.67. The molecule has 0 bridgehead atoms.